The van der Waals surface area contributed by atoms with Gasteiger partial charge in [-0.2, -0.15) is 0 Å². The molecule has 0 aliphatic carbocycles. The van der Waals surface area contributed by atoms with Crippen LogP contribution < -0.4 is 14.8 Å². The topological polar surface area (TPSA) is 30.5 Å². The van der Waals surface area contributed by atoms with Crippen LogP contribution >= 0.6 is 0 Å². The Morgan fingerprint density at radius 2 is 2.12 bits per heavy atom. The maximum Gasteiger partial charge on any atom is 0.161 e. The van der Waals surface area contributed by atoms with Gasteiger partial charge in [0.2, 0.25) is 0 Å². The molecule has 1 aliphatic heterocycles. The van der Waals surface area contributed by atoms with Crippen molar-refractivity contribution < 1.29 is 9.47 Å². The lowest BCUT2D eigenvalue weighted by molar-refractivity contribution is 0.297. The summed E-state index contributed by atoms with van der Waals surface area (Å²) in [6.45, 7) is 4.13. The first kappa shape index (κ1) is 11.8. The Kier molecular flexibility index (Phi) is 3.89. The highest BCUT2D eigenvalue weighted by molar-refractivity contribution is 5.43. The van der Waals surface area contributed by atoms with Crippen LogP contribution in [0.25, 0.3) is 0 Å². The highest BCUT2D eigenvalue weighted by Crippen LogP contribution is 2.30. The summed E-state index contributed by atoms with van der Waals surface area (Å²) in [5.74, 6) is 4.30. The van der Waals surface area contributed by atoms with E-state index in [0.717, 1.165) is 36.6 Å². The second-order valence-electron chi connectivity index (χ2n) is 4.10. The molecule has 1 aromatic rings. The van der Waals surface area contributed by atoms with Crippen LogP contribution in [-0.2, 0) is 6.54 Å². The van der Waals surface area contributed by atoms with E-state index in [-0.39, 0.29) is 6.04 Å². The Hall–Kier alpha value is -1.66. The van der Waals surface area contributed by atoms with Gasteiger partial charge in [-0.25, -0.2) is 0 Å². The van der Waals surface area contributed by atoms with Crippen molar-refractivity contribution in [3.8, 4) is 23.8 Å². The van der Waals surface area contributed by atoms with Crippen molar-refractivity contribution in [2.24, 2.45) is 0 Å². The molecule has 1 heterocycles. The zero-order chi connectivity index (χ0) is 12.1. The van der Waals surface area contributed by atoms with E-state index in [9.17, 15) is 0 Å². The molecule has 1 aromatic carbocycles. The van der Waals surface area contributed by atoms with Crippen molar-refractivity contribution in [3.05, 3.63) is 23.8 Å². The molecule has 1 N–H and O–H groups in total. The molecule has 0 radical (unpaired) electrons. The molecule has 1 unspecified atom stereocenters. The molecule has 90 valence electrons. The maximum atomic E-state index is 5.63. The molecule has 0 aromatic heterocycles. The van der Waals surface area contributed by atoms with Gasteiger partial charge in [-0.15, -0.1) is 6.42 Å². The molecule has 0 amide bonds. The molecular formula is C14H17NO2. The Balaban J connectivity index is 2.05. The van der Waals surface area contributed by atoms with Crippen molar-refractivity contribution in [2.45, 2.75) is 25.9 Å². The summed E-state index contributed by atoms with van der Waals surface area (Å²) in [5.41, 5.74) is 1.15. The number of fused-ring (bicyclic) bond motifs is 1. The average Bonchev–Trinajstić information content (AvgIpc) is 2.60. The predicted octanol–water partition coefficient (Wildman–Crippen LogP) is 1.96. The third-order valence-electron chi connectivity index (χ3n) is 2.67. The first-order chi connectivity index (χ1) is 8.29. The summed E-state index contributed by atoms with van der Waals surface area (Å²) < 4.78 is 11.2. The number of hydrogen-bond donors (Lipinski definition) is 1. The largest absolute Gasteiger partial charge is 0.490 e. The molecule has 0 spiro atoms. The minimum absolute atomic E-state index is 0.0750. The van der Waals surface area contributed by atoms with Crippen LogP contribution in [-0.4, -0.2) is 19.3 Å². The Bertz CT molecular complexity index is 423. The van der Waals surface area contributed by atoms with Gasteiger partial charge in [-0.05, 0) is 24.6 Å². The van der Waals surface area contributed by atoms with E-state index in [1.54, 1.807) is 0 Å². The Morgan fingerprint density at radius 1 is 1.35 bits per heavy atom. The number of ether oxygens (including phenoxy) is 2. The average molecular weight is 231 g/mol. The second-order valence-corrected chi connectivity index (χ2v) is 4.10. The molecular weight excluding hydrogens is 214 g/mol. The zero-order valence-corrected chi connectivity index (χ0v) is 10.0. The summed E-state index contributed by atoms with van der Waals surface area (Å²) in [5, 5.41) is 3.24. The molecule has 0 bridgehead atoms. The van der Waals surface area contributed by atoms with Crippen LogP contribution in [0.15, 0.2) is 18.2 Å². The normalized spacial score (nSPS) is 15.8. The summed E-state index contributed by atoms with van der Waals surface area (Å²) in [6, 6.07) is 6.07. The van der Waals surface area contributed by atoms with E-state index in [2.05, 4.69) is 11.2 Å². The summed E-state index contributed by atoms with van der Waals surface area (Å²) in [6.07, 6.45) is 6.24. The number of benzene rings is 1. The third kappa shape index (κ3) is 3.15. The van der Waals surface area contributed by atoms with Gasteiger partial charge >= 0.3 is 0 Å². The van der Waals surface area contributed by atoms with Gasteiger partial charge in [0.1, 0.15) is 0 Å². The van der Waals surface area contributed by atoms with Gasteiger partial charge < -0.3 is 9.47 Å². The van der Waals surface area contributed by atoms with Gasteiger partial charge in [-0.3, -0.25) is 5.32 Å². The van der Waals surface area contributed by atoms with Crippen LogP contribution in [0.2, 0.25) is 0 Å². The maximum absolute atomic E-state index is 5.63. The van der Waals surface area contributed by atoms with Crippen molar-refractivity contribution in [1.82, 2.24) is 5.32 Å². The van der Waals surface area contributed by atoms with Crippen molar-refractivity contribution in [2.75, 3.05) is 13.2 Å². The minimum Gasteiger partial charge on any atom is -0.490 e. The second kappa shape index (κ2) is 5.60. The first-order valence-electron chi connectivity index (χ1n) is 5.87. The molecule has 3 heteroatoms. The van der Waals surface area contributed by atoms with Crippen LogP contribution in [0.4, 0.5) is 0 Å². The summed E-state index contributed by atoms with van der Waals surface area (Å²) in [7, 11) is 0. The molecule has 0 saturated carbocycles. The smallest absolute Gasteiger partial charge is 0.161 e. The van der Waals surface area contributed by atoms with Crippen molar-refractivity contribution in [3.63, 3.8) is 0 Å². The molecule has 1 aliphatic rings. The van der Waals surface area contributed by atoms with Crippen LogP contribution in [0, 0.1) is 12.3 Å². The predicted molar refractivity (Wildman–Crippen MR) is 67.2 cm³/mol. The molecule has 3 nitrogen and oxygen atoms in total. The van der Waals surface area contributed by atoms with Crippen LogP contribution in [0.5, 0.6) is 11.5 Å². The van der Waals surface area contributed by atoms with Crippen molar-refractivity contribution >= 4 is 0 Å². The highest BCUT2D eigenvalue weighted by Gasteiger charge is 2.10. The van der Waals surface area contributed by atoms with Gasteiger partial charge in [0.15, 0.2) is 11.5 Å². The van der Waals surface area contributed by atoms with Gasteiger partial charge in [0, 0.05) is 13.0 Å². The van der Waals surface area contributed by atoms with E-state index in [4.69, 9.17) is 15.9 Å². The van der Waals surface area contributed by atoms with Crippen LogP contribution in [0.1, 0.15) is 18.9 Å². The molecule has 1 atom stereocenters. The monoisotopic (exact) mass is 231 g/mol. The first-order valence-corrected chi connectivity index (χ1v) is 5.87. The molecule has 17 heavy (non-hydrogen) atoms. The van der Waals surface area contributed by atoms with Gasteiger partial charge in [0.25, 0.3) is 0 Å². The van der Waals surface area contributed by atoms with E-state index < -0.39 is 0 Å². The fourth-order valence-electron chi connectivity index (χ4n) is 1.65. The summed E-state index contributed by atoms with van der Waals surface area (Å²) >= 11 is 0. The lowest BCUT2D eigenvalue weighted by Crippen LogP contribution is -2.23. The minimum atomic E-state index is 0.0750. The van der Waals surface area contributed by atoms with E-state index in [0.29, 0.717) is 6.61 Å². The lowest BCUT2D eigenvalue weighted by Gasteiger charge is -2.11. The quantitative estimate of drug-likeness (QED) is 0.807. The van der Waals surface area contributed by atoms with Crippen LogP contribution in [0.3, 0.4) is 0 Å². The fraction of sp³-hybridized carbons (Fsp3) is 0.429. The highest BCUT2D eigenvalue weighted by atomic mass is 16.5. The van der Waals surface area contributed by atoms with E-state index in [1.165, 1.54) is 0 Å². The molecule has 0 fully saturated rings. The number of hydrogen-bond acceptors (Lipinski definition) is 3. The Labute approximate surface area is 102 Å². The summed E-state index contributed by atoms with van der Waals surface area (Å²) in [4.78, 5) is 0. The van der Waals surface area contributed by atoms with Crippen molar-refractivity contribution in [1.29, 1.82) is 0 Å². The number of nitrogens with one attached hydrogen (secondary N) is 1. The fourth-order valence-corrected chi connectivity index (χ4v) is 1.65. The zero-order valence-electron chi connectivity index (χ0n) is 10.0. The number of rotatable bonds is 3. The SMILES string of the molecule is C#CC(C)NCc1ccc2c(c1)OCCCO2. The van der Waals surface area contributed by atoms with Gasteiger partial charge in [0.05, 0.1) is 19.3 Å². The Morgan fingerprint density at radius 3 is 2.88 bits per heavy atom. The van der Waals surface area contributed by atoms with Gasteiger partial charge in [-0.1, -0.05) is 12.0 Å². The molecule has 0 saturated heterocycles. The van der Waals surface area contributed by atoms with E-state index in [1.807, 2.05) is 25.1 Å². The number of terminal acetylenes is 1. The standard InChI is InChI=1S/C14H17NO2/c1-3-11(2)15-10-12-5-6-13-14(9-12)17-8-4-7-16-13/h1,5-6,9,11,15H,4,7-8,10H2,2H3. The lowest BCUT2D eigenvalue weighted by atomic mass is 10.2. The molecule has 2 rings (SSSR count). The van der Waals surface area contributed by atoms with E-state index >= 15 is 0 Å². The third-order valence-corrected chi connectivity index (χ3v) is 2.67.